The van der Waals surface area contributed by atoms with Gasteiger partial charge in [-0.3, -0.25) is 9.59 Å². The zero-order valence-electron chi connectivity index (χ0n) is 14.0. The standard InChI is InChI=1S/C17H19FN4O2.ClH/c1-9-13(17(24)21-10(2)20-9)7-15(23)22-14-4-3-11-8-19-6-5-12(11)16(14)18;/h3-4,19H,5-8H2,1-2H3,(H,22,23)(H,20,21,24);1H. The summed E-state index contributed by atoms with van der Waals surface area (Å²) in [6.45, 7) is 4.70. The van der Waals surface area contributed by atoms with Crippen LogP contribution >= 0.6 is 12.4 Å². The molecule has 0 unspecified atom stereocenters. The lowest BCUT2D eigenvalue weighted by Gasteiger charge is -2.19. The Morgan fingerprint density at radius 1 is 1.36 bits per heavy atom. The van der Waals surface area contributed by atoms with E-state index >= 15 is 0 Å². The van der Waals surface area contributed by atoms with Crippen molar-refractivity contribution in [2.45, 2.75) is 33.2 Å². The van der Waals surface area contributed by atoms with Crippen LogP contribution in [-0.2, 0) is 24.2 Å². The van der Waals surface area contributed by atoms with Gasteiger partial charge in [-0.25, -0.2) is 9.37 Å². The van der Waals surface area contributed by atoms with Gasteiger partial charge in [0.2, 0.25) is 5.91 Å². The molecule has 6 nitrogen and oxygen atoms in total. The normalized spacial score (nSPS) is 12.9. The van der Waals surface area contributed by atoms with Gasteiger partial charge in [0.15, 0.2) is 0 Å². The van der Waals surface area contributed by atoms with Crippen LogP contribution < -0.4 is 16.2 Å². The van der Waals surface area contributed by atoms with Crippen molar-refractivity contribution in [1.82, 2.24) is 15.3 Å². The summed E-state index contributed by atoms with van der Waals surface area (Å²) in [6.07, 6.45) is 0.443. The first kappa shape index (κ1) is 19.1. The summed E-state index contributed by atoms with van der Waals surface area (Å²) < 4.78 is 14.5. The maximum absolute atomic E-state index is 14.5. The van der Waals surface area contributed by atoms with Crippen LogP contribution in [0.3, 0.4) is 0 Å². The van der Waals surface area contributed by atoms with E-state index in [9.17, 15) is 14.0 Å². The number of aryl methyl sites for hydroxylation is 2. The van der Waals surface area contributed by atoms with Gasteiger partial charge in [0.25, 0.3) is 5.56 Å². The van der Waals surface area contributed by atoms with Gasteiger partial charge >= 0.3 is 0 Å². The third-order valence-corrected chi connectivity index (χ3v) is 4.16. The van der Waals surface area contributed by atoms with Crippen LogP contribution in [0.5, 0.6) is 0 Å². The number of benzene rings is 1. The number of anilines is 1. The van der Waals surface area contributed by atoms with Gasteiger partial charge < -0.3 is 15.6 Å². The van der Waals surface area contributed by atoms with E-state index in [1.165, 1.54) is 0 Å². The van der Waals surface area contributed by atoms with Crippen LogP contribution in [0.2, 0.25) is 0 Å². The predicted molar refractivity (Wildman–Crippen MR) is 95.7 cm³/mol. The molecule has 134 valence electrons. The molecule has 3 N–H and O–H groups in total. The number of rotatable bonds is 3. The molecular weight excluding hydrogens is 347 g/mol. The van der Waals surface area contributed by atoms with E-state index in [2.05, 4.69) is 20.6 Å². The molecule has 0 radical (unpaired) electrons. The lowest BCUT2D eigenvalue weighted by molar-refractivity contribution is -0.115. The van der Waals surface area contributed by atoms with E-state index in [1.807, 2.05) is 6.07 Å². The number of carbonyl (C=O) groups is 1. The number of hydrogen-bond acceptors (Lipinski definition) is 4. The maximum atomic E-state index is 14.5. The highest BCUT2D eigenvalue weighted by atomic mass is 35.5. The van der Waals surface area contributed by atoms with Crippen molar-refractivity contribution in [3.63, 3.8) is 0 Å². The van der Waals surface area contributed by atoms with Crippen molar-refractivity contribution in [3.05, 3.63) is 56.5 Å². The second-order valence-corrected chi connectivity index (χ2v) is 5.93. The zero-order chi connectivity index (χ0) is 17.3. The Morgan fingerprint density at radius 2 is 2.12 bits per heavy atom. The molecule has 0 atom stereocenters. The van der Waals surface area contributed by atoms with E-state index in [-0.39, 0.29) is 30.1 Å². The van der Waals surface area contributed by atoms with Crippen molar-refractivity contribution in [2.24, 2.45) is 0 Å². The first-order valence-corrected chi connectivity index (χ1v) is 7.83. The van der Waals surface area contributed by atoms with Gasteiger partial charge in [0.1, 0.15) is 11.6 Å². The quantitative estimate of drug-likeness (QED) is 0.772. The predicted octanol–water partition coefficient (Wildman–Crippen LogP) is 1.77. The minimum Gasteiger partial charge on any atom is -0.323 e. The number of halogens is 2. The third-order valence-electron chi connectivity index (χ3n) is 4.16. The van der Waals surface area contributed by atoms with Gasteiger partial charge in [-0.1, -0.05) is 6.07 Å². The Balaban J connectivity index is 0.00000225. The number of hydrogen-bond donors (Lipinski definition) is 3. The molecule has 1 amide bonds. The summed E-state index contributed by atoms with van der Waals surface area (Å²) in [5.41, 5.74) is 2.15. The molecule has 1 aromatic heterocycles. The molecule has 1 aliphatic heterocycles. The fourth-order valence-corrected chi connectivity index (χ4v) is 2.94. The third kappa shape index (κ3) is 4.05. The van der Waals surface area contributed by atoms with Gasteiger partial charge in [-0.15, -0.1) is 12.4 Å². The van der Waals surface area contributed by atoms with Crippen molar-refractivity contribution in [2.75, 3.05) is 11.9 Å². The number of aromatic nitrogens is 2. The Kier molecular flexibility index (Phi) is 5.92. The van der Waals surface area contributed by atoms with E-state index in [0.717, 1.165) is 5.56 Å². The molecule has 0 saturated carbocycles. The SMILES string of the molecule is Cc1nc(C)c(CC(=O)Nc2ccc3c(c2F)CCNC3)c(=O)[nH]1.Cl. The molecule has 3 rings (SSSR count). The fraction of sp³-hybridized carbons (Fsp3) is 0.353. The summed E-state index contributed by atoms with van der Waals surface area (Å²) in [5.74, 6) is -0.340. The Labute approximate surface area is 150 Å². The Morgan fingerprint density at radius 3 is 2.84 bits per heavy atom. The highest BCUT2D eigenvalue weighted by Gasteiger charge is 2.18. The molecule has 2 heterocycles. The Bertz CT molecular complexity index is 866. The number of carbonyl (C=O) groups excluding carboxylic acids is 1. The molecule has 0 fully saturated rings. The monoisotopic (exact) mass is 366 g/mol. The maximum Gasteiger partial charge on any atom is 0.254 e. The van der Waals surface area contributed by atoms with Crippen molar-refractivity contribution < 1.29 is 9.18 Å². The molecule has 0 saturated heterocycles. The summed E-state index contributed by atoms with van der Waals surface area (Å²) in [7, 11) is 0. The van der Waals surface area contributed by atoms with Crippen LogP contribution in [0.1, 0.15) is 28.2 Å². The van der Waals surface area contributed by atoms with Crippen molar-refractivity contribution in [1.29, 1.82) is 0 Å². The van der Waals surface area contributed by atoms with E-state index in [4.69, 9.17) is 0 Å². The molecule has 0 aliphatic carbocycles. The molecule has 0 bridgehead atoms. The van der Waals surface area contributed by atoms with E-state index in [1.54, 1.807) is 19.9 Å². The lowest BCUT2D eigenvalue weighted by Crippen LogP contribution is -2.26. The first-order valence-electron chi connectivity index (χ1n) is 7.83. The minimum absolute atomic E-state index is 0. The number of nitrogens with one attached hydrogen (secondary N) is 3. The van der Waals surface area contributed by atoms with Crippen LogP contribution in [0.25, 0.3) is 0 Å². The molecule has 0 spiro atoms. The van der Waals surface area contributed by atoms with Crippen molar-refractivity contribution >= 4 is 24.0 Å². The van der Waals surface area contributed by atoms with Crippen molar-refractivity contribution in [3.8, 4) is 0 Å². The number of amides is 1. The topological polar surface area (TPSA) is 86.9 Å². The van der Waals surface area contributed by atoms with E-state index < -0.39 is 11.7 Å². The lowest BCUT2D eigenvalue weighted by atomic mass is 9.99. The number of aromatic amines is 1. The van der Waals surface area contributed by atoms with Gasteiger partial charge in [-0.2, -0.15) is 0 Å². The molecule has 25 heavy (non-hydrogen) atoms. The Hall–Kier alpha value is -2.25. The van der Waals surface area contributed by atoms with Crippen LogP contribution in [-0.4, -0.2) is 22.4 Å². The van der Waals surface area contributed by atoms with Crippen LogP contribution in [0.4, 0.5) is 10.1 Å². The zero-order valence-corrected chi connectivity index (χ0v) is 14.8. The second-order valence-electron chi connectivity index (χ2n) is 5.93. The largest absolute Gasteiger partial charge is 0.323 e. The average molecular weight is 367 g/mol. The highest BCUT2D eigenvalue weighted by molar-refractivity contribution is 5.92. The van der Waals surface area contributed by atoms with Gasteiger partial charge in [0.05, 0.1) is 12.1 Å². The molecular formula is C17H20ClFN4O2. The summed E-state index contributed by atoms with van der Waals surface area (Å²) in [5, 5.41) is 5.74. The number of fused-ring (bicyclic) bond motifs is 1. The summed E-state index contributed by atoms with van der Waals surface area (Å²) in [6, 6.07) is 3.37. The average Bonchev–Trinajstić information content (AvgIpc) is 2.54. The van der Waals surface area contributed by atoms with Crippen LogP contribution in [0, 0.1) is 19.7 Å². The second kappa shape index (κ2) is 7.76. The smallest absolute Gasteiger partial charge is 0.254 e. The summed E-state index contributed by atoms with van der Waals surface area (Å²) in [4.78, 5) is 30.9. The first-order chi connectivity index (χ1) is 11.5. The van der Waals surface area contributed by atoms with E-state index in [0.29, 0.717) is 42.2 Å². The molecule has 8 heteroatoms. The highest BCUT2D eigenvalue weighted by Crippen LogP contribution is 2.24. The molecule has 1 aliphatic rings. The summed E-state index contributed by atoms with van der Waals surface area (Å²) >= 11 is 0. The van der Waals surface area contributed by atoms with Crippen LogP contribution in [0.15, 0.2) is 16.9 Å². The number of nitrogens with zero attached hydrogens (tertiary/aromatic N) is 1. The minimum atomic E-state index is -0.443. The fourth-order valence-electron chi connectivity index (χ4n) is 2.94. The molecule has 2 aromatic rings. The number of H-pyrrole nitrogens is 1. The molecule has 1 aromatic carbocycles. The van der Waals surface area contributed by atoms with Gasteiger partial charge in [0, 0.05) is 17.8 Å². The van der Waals surface area contributed by atoms with Gasteiger partial charge in [-0.05, 0) is 44.0 Å².